The van der Waals surface area contributed by atoms with E-state index in [4.69, 9.17) is 9.47 Å². The first-order valence-electron chi connectivity index (χ1n) is 7.85. The second-order valence-electron chi connectivity index (χ2n) is 5.17. The van der Waals surface area contributed by atoms with Crippen molar-refractivity contribution in [1.29, 1.82) is 0 Å². The zero-order chi connectivity index (χ0) is 16.4. The summed E-state index contributed by atoms with van der Waals surface area (Å²) in [7, 11) is 3.23. The van der Waals surface area contributed by atoms with Crippen molar-refractivity contribution in [2.75, 3.05) is 33.9 Å². The Hall–Kier alpha value is -1.75. The minimum atomic E-state index is 0.157. The van der Waals surface area contributed by atoms with Crippen molar-refractivity contribution < 1.29 is 14.3 Å². The molecule has 1 rings (SSSR count). The molecule has 0 aromatic heterocycles. The Morgan fingerprint density at radius 1 is 1.09 bits per heavy atom. The molecule has 5 heteroatoms. The number of ether oxygens (including phenoxy) is 2. The van der Waals surface area contributed by atoms with Gasteiger partial charge in [0.15, 0.2) is 11.5 Å². The summed E-state index contributed by atoms with van der Waals surface area (Å²) in [6.07, 6.45) is 1.98. The predicted octanol–water partition coefficient (Wildman–Crippen LogP) is 2.44. The van der Waals surface area contributed by atoms with Crippen molar-refractivity contribution in [2.24, 2.45) is 0 Å². The van der Waals surface area contributed by atoms with Gasteiger partial charge in [0, 0.05) is 19.6 Å². The maximum atomic E-state index is 12.2. The van der Waals surface area contributed by atoms with Crippen LogP contribution < -0.4 is 14.8 Å². The fourth-order valence-corrected chi connectivity index (χ4v) is 2.32. The van der Waals surface area contributed by atoms with Crippen molar-refractivity contribution >= 4 is 5.91 Å². The average Bonchev–Trinajstić information content (AvgIpc) is 2.54. The SMILES string of the molecule is CCCN(CCC)C(=O)CNCc1ccc(OC)c(OC)c1. The summed E-state index contributed by atoms with van der Waals surface area (Å²) in [5, 5.41) is 3.20. The molecule has 22 heavy (non-hydrogen) atoms. The van der Waals surface area contributed by atoms with E-state index in [0.29, 0.717) is 24.6 Å². The number of carbonyl (C=O) groups excluding carboxylic acids is 1. The Morgan fingerprint density at radius 2 is 1.73 bits per heavy atom. The molecule has 1 aromatic rings. The number of hydrogen-bond donors (Lipinski definition) is 1. The van der Waals surface area contributed by atoms with Crippen molar-refractivity contribution in [1.82, 2.24) is 10.2 Å². The van der Waals surface area contributed by atoms with Gasteiger partial charge in [-0.15, -0.1) is 0 Å². The molecule has 0 heterocycles. The van der Waals surface area contributed by atoms with Gasteiger partial charge < -0.3 is 19.7 Å². The summed E-state index contributed by atoms with van der Waals surface area (Å²) in [6, 6.07) is 5.76. The summed E-state index contributed by atoms with van der Waals surface area (Å²) in [4.78, 5) is 14.1. The van der Waals surface area contributed by atoms with Gasteiger partial charge in [0.1, 0.15) is 0 Å². The second kappa shape index (κ2) is 10.1. The molecule has 0 radical (unpaired) electrons. The molecule has 0 atom stereocenters. The molecule has 5 nitrogen and oxygen atoms in total. The van der Waals surface area contributed by atoms with Crippen molar-refractivity contribution in [2.45, 2.75) is 33.2 Å². The Balaban J connectivity index is 2.50. The van der Waals surface area contributed by atoms with E-state index in [0.717, 1.165) is 31.5 Å². The highest BCUT2D eigenvalue weighted by molar-refractivity contribution is 5.78. The average molecular weight is 308 g/mol. The number of rotatable bonds is 10. The topological polar surface area (TPSA) is 50.8 Å². The Labute approximate surface area is 133 Å². The van der Waals surface area contributed by atoms with E-state index < -0.39 is 0 Å². The summed E-state index contributed by atoms with van der Waals surface area (Å²) < 4.78 is 10.5. The number of nitrogens with one attached hydrogen (secondary N) is 1. The van der Waals surface area contributed by atoms with Crippen LogP contribution in [0.2, 0.25) is 0 Å². The van der Waals surface area contributed by atoms with E-state index in [1.54, 1.807) is 14.2 Å². The zero-order valence-corrected chi connectivity index (χ0v) is 14.1. The lowest BCUT2D eigenvalue weighted by Crippen LogP contribution is -2.38. The Bertz CT molecular complexity index is 457. The van der Waals surface area contributed by atoms with Crippen LogP contribution in [0.25, 0.3) is 0 Å². The summed E-state index contributed by atoms with van der Waals surface area (Å²) in [5.74, 6) is 1.57. The molecule has 0 aliphatic rings. The molecule has 1 aromatic carbocycles. The fourth-order valence-electron chi connectivity index (χ4n) is 2.32. The van der Waals surface area contributed by atoms with Gasteiger partial charge >= 0.3 is 0 Å². The molecule has 124 valence electrons. The molecular weight excluding hydrogens is 280 g/mol. The maximum Gasteiger partial charge on any atom is 0.236 e. The third kappa shape index (κ3) is 5.56. The molecule has 0 saturated carbocycles. The van der Waals surface area contributed by atoms with E-state index in [1.165, 1.54) is 0 Å². The van der Waals surface area contributed by atoms with Crippen molar-refractivity contribution in [3.8, 4) is 11.5 Å². The first-order chi connectivity index (χ1) is 10.7. The van der Waals surface area contributed by atoms with E-state index >= 15 is 0 Å². The molecular formula is C17H28N2O3. The minimum absolute atomic E-state index is 0.157. The quantitative estimate of drug-likeness (QED) is 0.721. The molecule has 0 bridgehead atoms. The normalized spacial score (nSPS) is 10.4. The first-order valence-corrected chi connectivity index (χ1v) is 7.85. The van der Waals surface area contributed by atoms with Crippen LogP contribution in [0.4, 0.5) is 0 Å². The van der Waals surface area contributed by atoms with Crippen LogP contribution in [0.3, 0.4) is 0 Å². The number of nitrogens with zero attached hydrogens (tertiary/aromatic N) is 1. The highest BCUT2D eigenvalue weighted by Crippen LogP contribution is 2.27. The van der Waals surface area contributed by atoms with Gasteiger partial charge in [0.25, 0.3) is 0 Å². The lowest BCUT2D eigenvalue weighted by molar-refractivity contribution is -0.130. The number of hydrogen-bond acceptors (Lipinski definition) is 4. The van der Waals surface area contributed by atoms with Gasteiger partial charge in [0.05, 0.1) is 20.8 Å². The maximum absolute atomic E-state index is 12.2. The van der Waals surface area contributed by atoms with Crippen LogP contribution >= 0.6 is 0 Å². The number of methoxy groups -OCH3 is 2. The van der Waals surface area contributed by atoms with Gasteiger partial charge in [-0.3, -0.25) is 4.79 Å². The third-order valence-corrected chi connectivity index (χ3v) is 3.39. The van der Waals surface area contributed by atoms with Crippen LogP contribution in [0.5, 0.6) is 11.5 Å². The lowest BCUT2D eigenvalue weighted by Gasteiger charge is -2.21. The first kappa shape index (κ1) is 18.3. The largest absolute Gasteiger partial charge is 0.493 e. The molecule has 0 aliphatic carbocycles. The van der Waals surface area contributed by atoms with Crippen LogP contribution in [0, 0.1) is 0 Å². The molecule has 0 fully saturated rings. The minimum Gasteiger partial charge on any atom is -0.493 e. The standard InChI is InChI=1S/C17H28N2O3/c1-5-9-19(10-6-2)17(20)13-18-12-14-7-8-15(21-3)16(11-14)22-4/h7-8,11,18H,5-6,9-10,12-13H2,1-4H3. The van der Waals surface area contributed by atoms with Crippen LogP contribution in [0.1, 0.15) is 32.3 Å². The Morgan fingerprint density at radius 3 is 2.27 bits per heavy atom. The molecule has 0 spiro atoms. The van der Waals surface area contributed by atoms with E-state index in [-0.39, 0.29) is 5.91 Å². The summed E-state index contributed by atoms with van der Waals surface area (Å²) >= 11 is 0. The number of benzene rings is 1. The van der Waals surface area contributed by atoms with Gasteiger partial charge in [-0.05, 0) is 30.5 Å². The fraction of sp³-hybridized carbons (Fsp3) is 0.588. The molecule has 1 N–H and O–H groups in total. The van der Waals surface area contributed by atoms with Crippen molar-refractivity contribution in [3.63, 3.8) is 0 Å². The monoisotopic (exact) mass is 308 g/mol. The lowest BCUT2D eigenvalue weighted by atomic mass is 10.2. The summed E-state index contributed by atoms with van der Waals surface area (Å²) in [6.45, 7) is 6.81. The highest BCUT2D eigenvalue weighted by atomic mass is 16.5. The third-order valence-electron chi connectivity index (χ3n) is 3.39. The van der Waals surface area contributed by atoms with Gasteiger partial charge in [-0.2, -0.15) is 0 Å². The molecule has 0 saturated heterocycles. The van der Waals surface area contributed by atoms with E-state index in [2.05, 4.69) is 19.2 Å². The molecule has 1 amide bonds. The second-order valence-corrected chi connectivity index (χ2v) is 5.17. The number of carbonyl (C=O) groups is 1. The van der Waals surface area contributed by atoms with Crippen LogP contribution in [-0.2, 0) is 11.3 Å². The highest BCUT2D eigenvalue weighted by Gasteiger charge is 2.11. The number of amides is 1. The van der Waals surface area contributed by atoms with E-state index in [1.807, 2.05) is 23.1 Å². The van der Waals surface area contributed by atoms with Crippen LogP contribution in [0.15, 0.2) is 18.2 Å². The van der Waals surface area contributed by atoms with Crippen LogP contribution in [-0.4, -0.2) is 44.7 Å². The van der Waals surface area contributed by atoms with E-state index in [9.17, 15) is 4.79 Å². The summed E-state index contributed by atoms with van der Waals surface area (Å²) in [5.41, 5.74) is 1.06. The molecule has 0 aliphatic heterocycles. The van der Waals surface area contributed by atoms with Crippen molar-refractivity contribution in [3.05, 3.63) is 23.8 Å². The zero-order valence-electron chi connectivity index (χ0n) is 14.1. The van der Waals surface area contributed by atoms with Gasteiger partial charge in [-0.1, -0.05) is 19.9 Å². The van der Waals surface area contributed by atoms with Gasteiger partial charge in [0.2, 0.25) is 5.91 Å². The smallest absolute Gasteiger partial charge is 0.236 e. The molecule has 0 unspecified atom stereocenters. The predicted molar refractivity (Wildman–Crippen MR) is 88.4 cm³/mol. The Kier molecular flexibility index (Phi) is 8.36. The van der Waals surface area contributed by atoms with Gasteiger partial charge in [-0.25, -0.2) is 0 Å².